The summed E-state index contributed by atoms with van der Waals surface area (Å²) >= 11 is 6.19. The molecule has 4 aromatic rings. The van der Waals surface area contributed by atoms with Gasteiger partial charge in [0.25, 0.3) is 5.91 Å². The van der Waals surface area contributed by atoms with Gasteiger partial charge < -0.3 is 19.9 Å². The van der Waals surface area contributed by atoms with E-state index < -0.39 is 11.6 Å². The summed E-state index contributed by atoms with van der Waals surface area (Å²) in [6, 6.07) is 34.5. The second-order valence-electron chi connectivity index (χ2n) is 10.0. The van der Waals surface area contributed by atoms with Crippen LogP contribution in [0.4, 0.5) is 0 Å². The molecule has 4 aromatic carbocycles. The molecule has 214 valence electrons. The molecule has 42 heavy (non-hydrogen) atoms. The zero-order valence-electron chi connectivity index (χ0n) is 23.2. The number of ether oxygens (including phenoxy) is 2. The summed E-state index contributed by atoms with van der Waals surface area (Å²) in [6.45, 7) is 0.798. The van der Waals surface area contributed by atoms with E-state index in [4.69, 9.17) is 31.2 Å². The fourth-order valence-corrected chi connectivity index (χ4v) is 5.08. The standard InChI is InChI=1S/C35H33ClN2O4/c36-30-16-7-12-27(24-30)25-37-34(40)35(21-8-13-26-10-3-1-4-11-26)32(28-14-5-2-6-15-28)42-33(38-35)29-17-19-31(20-18-29)41-23-9-22-39/h1-8,10-20,24,32,39H,9,21-23,25H2,(H,37,40)/b13-8+/t32-,35-/m1/s1. The summed E-state index contributed by atoms with van der Waals surface area (Å²) in [6.07, 6.45) is 4.20. The fourth-order valence-electron chi connectivity index (χ4n) is 4.86. The molecular weight excluding hydrogens is 548 g/mol. The molecule has 0 aliphatic carbocycles. The first-order valence-electron chi connectivity index (χ1n) is 14.0. The molecule has 0 saturated heterocycles. The summed E-state index contributed by atoms with van der Waals surface area (Å²) in [5.41, 5.74) is 2.25. The number of hydrogen-bond acceptors (Lipinski definition) is 5. The van der Waals surface area contributed by atoms with Crippen LogP contribution in [0.5, 0.6) is 5.75 Å². The largest absolute Gasteiger partial charge is 0.494 e. The van der Waals surface area contributed by atoms with E-state index in [0.717, 1.165) is 22.3 Å². The van der Waals surface area contributed by atoms with Crippen molar-refractivity contribution in [3.63, 3.8) is 0 Å². The Morgan fingerprint density at radius 1 is 0.976 bits per heavy atom. The van der Waals surface area contributed by atoms with Crippen LogP contribution in [0.25, 0.3) is 6.08 Å². The summed E-state index contributed by atoms with van der Waals surface area (Å²) in [5, 5.41) is 12.7. The molecule has 0 spiro atoms. The second kappa shape index (κ2) is 14.0. The molecule has 0 unspecified atom stereocenters. The maximum absolute atomic E-state index is 14.2. The van der Waals surface area contributed by atoms with E-state index in [1.807, 2.05) is 115 Å². The van der Waals surface area contributed by atoms with E-state index in [1.54, 1.807) is 6.07 Å². The molecule has 0 radical (unpaired) electrons. The number of rotatable bonds is 12. The molecule has 0 aromatic heterocycles. The van der Waals surface area contributed by atoms with E-state index in [-0.39, 0.29) is 12.5 Å². The van der Waals surface area contributed by atoms with Gasteiger partial charge in [0, 0.05) is 36.6 Å². The van der Waals surface area contributed by atoms with Crippen molar-refractivity contribution in [3.05, 3.63) is 143 Å². The first-order chi connectivity index (χ1) is 20.6. The molecule has 0 fully saturated rings. The molecule has 2 atom stereocenters. The third-order valence-corrected chi connectivity index (χ3v) is 7.25. The van der Waals surface area contributed by atoms with Gasteiger partial charge in [-0.2, -0.15) is 0 Å². The number of aliphatic hydroxyl groups is 1. The van der Waals surface area contributed by atoms with Gasteiger partial charge in [0.1, 0.15) is 5.75 Å². The summed E-state index contributed by atoms with van der Waals surface area (Å²) < 4.78 is 12.2. The van der Waals surface area contributed by atoms with Gasteiger partial charge in [-0.25, -0.2) is 4.99 Å². The van der Waals surface area contributed by atoms with Gasteiger partial charge in [-0.05, 0) is 53.1 Å². The van der Waals surface area contributed by atoms with Crippen molar-refractivity contribution in [3.8, 4) is 5.75 Å². The summed E-state index contributed by atoms with van der Waals surface area (Å²) in [4.78, 5) is 19.3. The minimum atomic E-state index is -1.27. The molecule has 2 N–H and O–H groups in total. The molecule has 0 saturated carbocycles. The van der Waals surface area contributed by atoms with Crippen molar-refractivity contribution in [2.45, 2.75) is 31.0 Å². The Labute approximate surface area is 251 Å². The molecule has 1 aliphatic rings. The Hall–Kier alpha value is -4.39. The topological polar surface area (TPSA) is 80.2 Å². The van der Waals surface area contributed by atoms with Gasteiger partial charge in [0.2, 0.25) is 5.90 Å². The minimum absolute atomic E-state index is 0.0732. The quantitative estimate of drug-likeness (QED) is 0.181. The van der Waals surface area contributed by atoms with Crippen molar-refractivity contribution in [1.29, 1.82) is 0 Å². The van der Waals surface area contributed by atoms with Crippen LogP contribution in [0, 0.1) is 0 Å². The van der Waals surface area contributed by atoms with E-state index in [0.29, 0.717) is 42.7 Å². The van der Waals surface area contributed by atoms with Gasteiger partial charge in [-0.3, -0.25) is 4.79 Å². The highest BCUT2D eigenvalue weighted by Crippen LogP contribution is 2.43. The molecular formula is C35H33ClN2O4. The predicted octanol–water partition coefficient (Wildman–Crippen LogP) is 6.78. The normalized spacial score (nSPS) is 18.0. The Morgan fingerprint density at radius 3 is 2.43 bits per heavy atom. The Morgan fingerprint density at radius 2 is 1.71 bits per heavy atom. The van der Waals surface area contributed by atoms with Crippen LogP contribution in [0.2, 0.25) is 5.02 Å². The average Bonchev–Trinajstić information content (AvgIpc) is 3.42. The van der Waals surface area contributed by atoms with Gasteiger partial charge >= 0.3 is 0 Å². The predicted molar refractivity (Wildman–Crippen MR) is 167 cm³/mol. The van der Waals surface area contributed by atoms with Crippen LogP contribution in [0.1, 0.15) is 41.2 Å². The SMILES string of the molecule is O=C(NCc1cccc(Cl)c1)[C@]1(C/C=C/c2ccccc2)N=C(c2ccc(OCCCO)cc2)O[C@@H]1c1ccccc1. The lowest BCUT2D eigenvalue weighted by atomic mass is 9.84. The Kier molecular flexibility index (Phi) is 9.70. The third kappa shape index (κ3) is 7.08. The smallest absolute Gasteiger partial charge is 0.252 e. The van der Waals surface area contributed by atoms with Crippen molar-refractivity contribution in [2.75, 3.05) is 13.2 Å². The van der Waals surface area contributed by atoms with E-state index in [2.05, 4.69) is 5.32 Å². The van der Waals surface area contributed by atoms with E-state index in [9.17, 15) is 4.79 Å². The number of halogens is 1. The molecule has 7 heteroatoms. The highest BCUT2D eigenvalue weighted by Gasteiger charge is 2.52. The van der Waals surface area contributed by atoms with Gasteiger partial charge in [-0.15, -0.1) is 0 Å². The lowest BCUT2D eigenvalue weighted by molar-refractivity contribution is -0.129. The van der Waals surface area contributed by atoms with Gasteiger partial charge in [0.05, 0.1) is 6.61 Å². The van der Waals surface area contributed by atoms with Crippen LogP contribution >= 0.6 is 11.6 Å². The Bertz CT molecular complexity index is 1520. The van der Waals surface area contributed by atoms with E-state index >= 15 is 0 Å². The maximum atomic E-state index is 14.2. The first-order valence-corrected chi connectivity index (χ1v) is 14.3. The molecule has 1 heterocycles. The second-order valence-corrected chi connectivity index (χ2v) is 10.5. The van der Waals surface area contributed by atoms with Crippen LogP contribution in [-0.4, -0.2) is 35.7 Å². The zero-order valence-corrected chi connectivity index (χ0v) is 23.9. The van der Waals surface area contributed by atoms with Crippen molar-refractivity contribution in [1.82, 2.24) is 5.32 Å². The minimum Gasteiger partial charge on any atom is -0.494 e. The number of amides is 1. The number of nitrogens with one attached hydrogen (secondary N) is 1. The zero-order chi connectivity index (χ0) is 29.2. The third-order valence-electron chi connectivity index (χ3n) is 7.01. The average molecular weight is 581 g/mol. The highest BCUT2D eigenvalue weighted by atomic mass is 35.5. The van der Waals surface area contributed by atoms with E-state index in [1.165, 1.54) is 0 Å². The van der Waals surface area contributed by atoms with Crippen LogP contribution in [-0.2, 0) is 16.1 Å². The number of aliphatic hydroxyl groups excluding tert-OH is 1. The number of carbonyl (C=O) groups excluding carboxylic acids is 1. The first kappa shape index (κ1) is 29.1. The van der Waals surface area contributed by atoms with Crippen molar-refractivity contribution < 1.29 is 19.4 Å². The number of nitrogens with zero attached hydrogens (tertiary/aromatic N) is 1. The number of hydrogen-bond donors (Lipinski definition) is 2. The van der Waals surface area contributed by atoms with Gasteiger partial charge in [0.15, 0.2) is 11.6 Å². The molecule has 1 amide bonds. The van der Waals surface area contributed by atoms with Crippen LogP contribution < -0.4 is 10.1 Å². The molecule has 1 aliphatic heterocycles. The maximum Gasteiger partial charge on any atom is 0.252 e. The number of benzene rings is 4. The summed E-state index contributed by atoms with van der Waals surface area (Å²) in [5.74, 6) is 0.825. The lowest BCUT2D eigenvalue weighted by Crippen LogP contribution is -2.47. The summed E-state index contributed by atoms with van der Waals surface area (Å²) in [7, 11) is 0. The van der Waals surface area contributed by atoms with Crippen LogP contribution in [0.3, 0.4) is 0 Å². The molecule has 5 rings (SSSR count). The fraction of sp³-hybridized carbons (Fsp3) is 0.200. The number of carbonyl (C=O) groups is 1. The molecule has 6 nitrogen and oxygen atoms in total. The van der Waals surface area contributed by atoms with Gasteiger partial charge in [-0.1, -0.05) is 96.5 Å². The highest BCUT2D eigenvalue weighted by molar-refractivity contribution is 6.30. The van der Waals surface area contributed by atoms with Crippen molar-refractivity contribution in [2.24, 2.45) is 4.99 Å². The number of aliphatic imine (C=N–C) groups is 1. The molecule has 0 bridgehead atoms. The van der Waals surface area contributed by atoms with Crippen molar-refractivity contribution >= 4 is 29.5 Å². The monoisotopic (exact) mass is 580 g/mol. The Balaban J connectivity index is 1.50. The van der Waals surface area contributed by atoms with Crippen LogP contribution in [0.15, 0.2) is 120 Å². The lowest BCUT2D eigenvalue weighted by Gasteiger charge is -2.29.